The fraction of sp³-hybridized carbons (Fsp3) is 0.314. The Bertz CT molecular complexity index is 1620. The van der Waals surface area contributed by atoms with Gasteiger partial charge in [-0.3, -0.25) is 0 Å². The fourth-order valence-corrected chi connectivity index (χ4v) is 9.71. The van der Waals surface area contributed by atoms with Crippen LogP contribution in [0.15, 0.2) is 111 Å². The van der Waals surface area contributed by atoms with Crippen molar-refractivity contribution in [1.82, 2.24) is 0 Å². The molecule has 9 heteroatoms. The molecule has 0 saturated heterocycles. The lowest BCUT2D eigenvalue weighted by Gasteiger charge is -2.41. The van der Waals surface area contributed by atoms with Gasteiger partial charge in [0.05, 0.1) is 24.0 Å². The van der Waals surface area contributed by atoms with E-state index in [-0.39, 0.29) is 4.90 Å². The van der Waals surface area contributed by atoms with E-state index in [0.717, 1.165) is 5.56 Å². The molecular weight excluding hydrogens is 597 g/mol. The Morgan fingerprint density at radius 3 is 1.41 bits per heavy atom. The number of aryl methyl sites for hydroxylation is 1. The number of rotatable bonds is 10. The smallest absolute Gasteiger partial charge is 0.307 e. The van der Waals surface area contributed by atoms with Gasteiger partial charge >= 0.3 is 10.1 Å². The van der Waals surface area contributed by atoms with Crippen LogP contribution in [0.1, 0.15) is 47.1 Å². The quantitative estimate of drug-likeness (QED) is 0.172. The molecule has 44 heavy (non-hydrogen) atoms. The molecule has 0 aromatic heterocycles. The van der Waals surface area contributed by atoms with E-state index < -0.39 is 31.6 Å². The third kappa shape index (κ3) is 7.70. The van der Waals surface area contributed by atoms with Gasteiger partial charge in [0.25, 0.3) is 0 Å². The molecule has 4 rings (SSSR count). The predicted octanol–water partition coefficient (Wildman–Crippen LogP) is 8.97. The molecule has 0 atom stereocenters. The minimum Gasteiger partial charge on any atom is -0.497 e. The van der Waals surface area contributed by atoms with E-state index in [4.69, 9.17) is 22.6 Å². The summed E-state index contributed by atoms with van der Waals surface area (Å²) in [6.07, 6.45) is 0. The summed E-state index contributed by atoms with van der Waals surface area (Å²) >= 11 is 0. The third-order valence-corrected chi connectivity index (χ3v) is 11.6. The van der Waals surface area contributed by atoms with Crippen molar-refractivity contribution in [2.45, 2.75) is 79.3 Å². The number of ether oxygens (including phenoxy) is 4. The maximum atomic E-state index is 14.3. The van der Waals surface area contributed by atoms with E-state index in [9.17, 15) is 8.42 Å². The first kappa shape index (κ1) is 33.2. The summed E-state index contributed by atoms with van der Waals surface area (Å²) < 4.78 is 58.8. The summed E-state index contributed by atoms with van der Waals surface area (Å²) in [4.78, 5) is 1.86. The van der Waals surface area contributed by atoms with Crippen molar-refractivity contribution < 1.29 is 31.0 Å². The molecule has 0 heterocycles. The Morgan fingerprint density at radius 1 is 0.545 bits per heavy atom. The average Bonchev–Trinajstić information content (AvgIpc) is 2.95. The van der Waals surface area contributed by atoms with Gasteiger partial charge in [0, 0.05) is 15.9 Å². The summed E-state index contributed by atoms with van der Waals surface area (Å²) in [7, 11) is -4.20. The van der Waals surface area contributed by atoms with E-state index in [1.807, 2.05) is 90.9 Å². The molecule has 0 bridgehead atoms. The van der Waals surface area contributed by atoms with Crippen LogP contribution < -0.4 is 18.9 Å². The molecule has 0 aliphatic rings. The van der Waals surface area contributed by atoms with Crippen LogP contribution in [-0.2, 0) is 13.7 Å². The Labute approximate surface area is 263 Å². The maximum Gasteiger partial charge on any atom is 0.307 e. The van der Waals surface area contributed by atoms with Crippen molar-refractivity contribution >= 4 is 20.4 Å². The van der Waals surface area contributed by atoms with Crippen LogP contribution in [0, 0.1) is 6.92 Å². The highest BCUT2D eigenvalue weighted by Crippen LogP contribution is 2.72. The van der Waals surface area contributed by atoms with Gasteiger partial charge in [0.2, 0.25) is 0 Å². The lowest BCUT2D eigenvalue weighted by atomic mass is 10.2. The molecule has 0 saturated carbocycles. The molecule has 0 aliphatic carbocycles. The van der Waals surface area contributed by atoms with Gasteiger partial charge < -0.3 is 18.9 Å². The monoisotopic (exact) mass is 638 g/mol. The Morgan fingerprint density at radius 2 is 0.977 bits per heavy atom. The van der Waals surface area contributed by atoms with E-state index >= 15 is 0 Å². The first-order valence-corrected chi connectivity index (χ1v) is 17.2. The van der Waals surface area contributed by atoms with Crippen molar-refractivity contribution in [3.05, 3.63) is 96.6 Å². The number of methoxy groups -OCH3 is 2. The standard InChI is InChI=1S/C35H42O7S2/c1-25-10-17-31(18-11-25)44(36,37)42-43(29-19-12-26(38-8)13-20-29,30-21-14-27(39-9)15-22-30)33-23-16-28(40-34(2,3)4)24-32(33)41-35(5,6)7/h10-24H,1-9H3. The zero-order valence-corrected chi connectivity index (χ0v) is 28.5. The SMILES string of the molecule is COc1ccc(S(OS(=O)(=O)c2ccc(C)cc2)(c2ccc(OC)cc2)c2ccc(OC(C)(C)C)cc2OC(C)(C)C)cc1. The Kier molecular flexibility index (Phi) is 9.63. The van der Waals surface area contributed by atoms with Gasteiger partial charge in [-0.15, -0.1) is 0 Å². The van der Waals surface area contributed by atoms with Gasteiger partial charge in [0.15, 0.2) is 0 Å². The topological polar surface area (TPSA) is 80.3 Å². The van der Waals surface area contributed by atoms with Crippen LogP contribution in [-0.4, -0.2) is 33.8 Å². The number of hydrogen-bond acceptors (Lipinski definition) is 7. The highest BCUT2D eigenvalue weighted by Gasteiger charge is 2.41. The summed E-state index contributed by atoms with van der Waals surface area (Å²) in [6.45, 7) is 13.6. The molecule has 0 spiro atoms. The van der Waals surface area contributed by atoms with Crippen molar-refractivity contribution in [2.24, 2.45) is 0 Å². The highest BCUT2D eigenvalue weighted by molar-refractivity contribution is 8.33. The van der Waals surface area contributed by atoms with Crippen LogP contribution >= 0.6 is 10.3 Å². The van der Waals surface area contributed by atoms with Crippen molar-refractivity contribution in [2.75, 3.05) is 14.2 Å². The van der Waals surface area contributed by atoms with E-state index in [1.165, 1.54) is 0 Å². The molecular formula is C35H42O7S2. The van der Waals surface area contributed by atoms with Crippen LogP contribution in [0.25, 0.3) is 0 Å². The van der Waals surface area contributed by atoms with E-state index in [0.29, 0.717) is 37.7 Å². The van der Waals surface area contributed by atoms with E-state index in [2.05, 4.69) is 0 Å². The molecule has 0 unspecified atom stereocenters. The largest absolute Gasteiger partial charge is 0.497 e. The van der Waals surface area contributed by atoms with Gasteiger partial charge in [-0.1, -0.05) is 17.7 Å². The molecule has 0 radical (unpaired) electrons. The molecule has 0 amide bonds. The van der Waals surface area contributed by atoms with Gasteiger partial charge in [-0.25, -0.2) is 3.63 Å². The second-order valence-corrected chi connectivity index (χ2v) is 16.7. The first-order chi connectivity index (χ1) is 20.6. The third-order valence-electron chi connectivity index (χ3n) is 6.35. The van der Waals surface area contributed by atoms with Crippen LogP contribution in [0.4, 0.5) is 0 Å². The Hall–Kier alpha value is -3.66. The molecule has 236 valence electrons. The van der Waals surface area contributed by atoms with Crippen molar-refractivity contribution in [3.63, 3.8) is 0 Å². The molecule has 4 aromatic carbocycles. The van der Waals surface area contributed by atoms with E-state index in [1.54, 1.807) is 62.8 Å². The average molecular weight is 639 g/mol. The minimum atomic E-state index is -4.32. The summed E-state index contributed by atoms with van der Waals surface area (Å²) in [5.74, 6) is 2.27. The van der Waals surface area contributed by atoms with Crippen molar-refractivity contribution in [1.29, 1.82) is 0 Å². The number of hydrogen-bond donors (Lipinski definition) is 0. The highest BCUT2D eigenvalue weighted by atomic mass is 32.3. The lowest BCUT2D eigenvalue weighted by Crippen LogP contribution is -2.25. The normalized spacial score (nSPS) is 12.8. The maximum absolute atomic E-state index is 14.3. The molecule has 4 aromatic rings. The minimum absolute atomic E-state index is 0.0491. The molecule has 7 nitrogen and oxygen atoms in total. The van der Waals surface area contributed by atoms with Crippen LogP contribution in [0.5, 0.6) is 23.0 Å². The zero-order valence-electron chi connectivity index (χ0n) is 26.8. The fourth-order valence-electron chi connectivity index (χ4n) is 4.47. The second-order valence-electron chi connectivity index (χ2n) is 12.3. The van der Waals surface area contributed by atoms with Gasteiger partial charge in [0.1, 0.15) is 34.2 Å². The van der Waals surface area contributed by atoms with Gasteiger partial charge in [-0.05, 0) is 132 Å². The number of benzene rings is 4. The van der Waals surface area contributed by atoms with Gasteiger partial charge in [-0.2, -0.15) is 8.42 Å². The predicted molar refractivity (Wildman–Crippen MR) is 175 cm³/mol. The molecule has 0 N–H and O–H groups in total. The second kappa shape index (κ2) is 12.8. The first-order valence-electron chi connectivity index (χ1n) is 14.2. The molecule has 0 aliphatic heterocycles. The zero-order chi connectivity index (χ0) is 32.3. The van der Waals surface area contributed by atoms with Crippen LogP contribution in [0.3, 0.4) is 0 Å². The summed E-state index contributed by atoms with van der Waals surface area (Å²) in [5, 5.41) is 0. The Balaban J connectivity index is 2.12. The lowest BCUT2D eigenvalue weighted by molar-refractivity contribution is 0.118. The van der Waals surface area contributed by atoms with Crippen molar-refractivity contribution in [3.8, 4) is 23.0 Å². The molecule has 0 fully saturated rings. The van der Waals surface area contributed by atoms with Crippen LogP contribution in [0.2, 0.25) is 0 Å². The summed E-state index contributed by atoms with van der Waals surface area (Å²) in [6, 6.07) is 26.6. The summed E-state index contributed by atoms with van der Waals surface area (Å²) in [5.41, 5.74) is -0.166.